The van der Waals surface area contributed by atoms with Crippen LogP contribution >= 0.6 is 11.6 Å². The molecule has 0 spiro atoms. The summed E-state index contributed by atoms with van der Waals surface area (Å²) in [4.78, 5) is 17.1. The molecule has 0 unspecified atom stereocenters. The highest BCUT2D eigenvalue weighted by molar-refractivity contribution is 6.39. The van der Waals surface area contributed by atoms with Crippen molar-refractivity contribution in [1.82, 2.24) is 4.98 Å². The van der Waals surface area contributed by atoms with E-state index in [-0.39, 0.29) is 10.6 Å². The minimum absolute atomic E-state index is 0.0431. The number of fused-ring (bicyclic) bond motifs is 1. The van der Waals surface area contributed by atoms with E-state index in [1.165, 1.54) is 18.3 Å². The number of alkyl halides is 3. The van der Waals surface area contributed by atoms with E-state index >= 15 is 0 Å². The lowest BCUT2D eigenvalue weighted by Gasteiger charge is -2.13. The molecule has 0 bridgehead atoms. The first-order valence-corrected chi connectivity index (χ1v) is 9.68. The SMILES string of the molecule is O=C(c1ccccc1C(F)(F)F)c1cnc2cc(OCc3ccccc3)ccc2c1Cl. The van der Waals surface area contributed by atoms with Gasteiger partial charge in [-0.2, -0.15) is 13.2 Å². The molecule has 156 valence electrons. The summed E-state index contributed by atoms with van der Waals surface area (Å²) in [5.41, 5.74) is -0.111. The minimum atomic E-state index is -4.66. The van der Waals surface area contributed by atoms with E-state index < -0.39 is 23.1 Å². The van der Waals surface area contributed by atoms with Crippen molar-refractivity contribution in [2.75, 3.05) is 0 Å². The van der Waals surface area contributed by atoms with Crippen LogP contribution in [0.3, 0.4) is 0 Å². The Bertz CT molecular complexity index is 1260. The van der Waals surface area contributed by atoms with Gasteiger partial charge in [0.25, 0.3) is 0 Å². The molecule has 3 aromatic carbocycles. The first kappa shape index (κ1) is 20.9. The van der Waals surface area contributed by atoms with Crippen molar-refractivity contribution in [1.29, 1.82) is 0 Å². The normalized spacial score (nSPS) is 11.5. The van der Waals surface area contributed by atoms with Crippen molar-refractivity contribution >= 4 is 28.3 Å². The summed E-state index contributed by atoms with van der Waals surface area (Å²) in [6.45, 7) is 0.366. The Balaban J connectivity index is 1.65. The molecule has 0 aliphatic heterocycles. The molecule has 0 saturated carbocycles. The molecule has 0 radical (unpaired) electrons. The van der Waals surface area contributed by atoms with Crippen LogP contribution in [0.1, 0.15) is 27.0 Å². The van der Waals surface area contributed by atoms with Crippen LogP contribution in [0.2, 0.25) is 5.02 Å². The van der Waals surface area contributed by atoms with E-state index in [0.29, 0.717) is 23.3 Å². The van der Waals surface area contributed by atoms with Gasteiger partial charge in [-0.1, -0.05) is 60.1 Å². The molecule has 0 aliphatic carbocycles. The number of nitrogens with zero attached hydrogens (tertiary/aromatic N) is 1. The van der Waals surface area contributed by atoms with Crippen molar-refractivity contribution in [3.63, 3.8) is 0 Å². The number of pyridine rings is 1. The average molecular weight is 442 g/mol. The monoisotopic (exact) mass is 441 g/mol. The van der Waals surface area contributed by atoms with Crippen LogP contribution in [0.4, 0.5) is 13.2 Å². The summed E-state index contributed by atoms with van der Waals surface area (Å²) < 4.78 is 45.7. The third kappa shape index (κ3) is 4.39. The summed E-state index contributed by atoms with van der Waals surface area (Å²) in [6.07, 6.45) is -3.46. The van der Waals surface area contributed by atoms with E-state index in [0.717, 1.165) is 17.7 Å². The van der Waals surface area contributed by atoms with E-state index in [2.05, 4.69) is 4.98 Å². The van der Waals surface area contributed by atoms with Crippen molar-refractivity contribution in [3.05, 3.63) is 106 Å². The highest BCUT2D eigenvalue weighted by Gasteiger charge is 2.35. The molecule has 0 atom stereocenters. The van der Waals surface area contributed by atoms with Crippen LogP contribution in [-0.4, -0.2) is 10.8 Å². The second-order valence-corrected chi connectivity index (χ2v) is 7.19. The van der Waals surface area contributed by atoms with Gasteiger partial charge in [0.05, 0.1) is 21.7 Å². The third-order valence-electron chi connectivity index (χ3n) is 4.74. The molecule has 1 heterocycles. The lowest BCUT2D eigenvalue weighted by molar-refractivity contribution is -0.137. The number of carbonyl (C=O) groups is 1. The van der Waals surface area contributed by atoms with E-state index in [9.17, 15) is 18.0 Å². The summed E-state index contributed by atoms with van der Waals surface area (Å²) in [5, 5.41) is 0.491. The number of carbonyl (C=O) groups excluding carboxylic acids is 1. The van der Waals surface area contributed by atoms with Gasteiger partial charge in [-0.05, 0) is 23.8 Å². The number of benzene rings is 3. The number of hydrogen-bond acceptors (Lipinski definition) is 3. The van der Waals surface area contributed by atoms with Crippen molar-refractivity contribution in [3.8, 4) is 5.75 Å². The number of aromatic nitrogens is 1. The Labute approximate surface area is 181 Å². The van der Waals surface area contributed by atoms with Crippen molar-refractivity contribution < 1.29 is 22.7 Å². The zero-order valence-electron chi connectivity index (χ0n) is 16.0. The molecule has 0 saturated heterocycles. The number of ether oxygens (including phenoxy) is 1. The summed E-state index contributed by atoms with van der Waals surface area (Å²) in [6, 6.07) is 19.2. The zero-order chi connectivity index (χ0) is 22.0. The van der Waals surface area contributed by atoms with Gasteiger partial charge in [0.2, 0.25) is 0 Å². The summed E-state index contributed by atoms with van der Waals surface area (Å²) in [7, 11) is 0. The second kappa shape index (κ2) is 8.40. The fraction of sp³-hybridized carbons (Fsp3) is 0.0833. The maximum atomic E-state index is 13.3. The summed E-state index contributed by atoms with van der Waals surface area (Å²) in [5.74, 6) is -0.279. The van der Waals surface area contributed by atoms with Crippen LogP contribution < -0.4 is 4.74 Å². The Morgan fingerprint density at radius 3 is 2.39 bits per heavy atom. The molecule has 0 fully saturated rings. The van der Waals surface area contributed by atoms with Crippen LogP contribution in [0.5, 0.6) is 5.75 Å². The lowest BCUT2D eigenvalue weighted by atomic mass is 9.98. The van der Waals surface area contributed by atoms with Gasteiger partial charge < -0.3 is 4.74 Å². The molecule has 4 aromatic rings. The molecule has 0 aliphatic rings. The van der Waals surface area contributed by atoms with Crippen LogP contribution in [-0.2, 0) is 12.8 Å². The van der Waals surface area contributed by atoms with Crippen LogP contribution in [0, 0.1) is 0 Å². The maximum Gasteiger partial charge on any atom is 0.417 e. The van der Waals surface area contributed by atoms with Gasteiger partial charge >= 0.3 is 6.18 Å². The van der Waals surface area contributed by atoms with Crippen molar-refractivity contribution in [2.24, 2.45) is 0 Å². The molecule has 7 heteroatoms. The van der Waals surface area contributed by atoms with Gasteiger partial charge in [0, 0.05) is 23.2 Å². The highest BCUT2D eigenvalue weighted by Crippen LogP contribution is 2.35. The lowest BCUT2D eigenvalue weighted by Crippen LogP contribution is -2.14. The Hall–Kier alpha value is -3.38. The Kier molecular flexibility index (Phi) is 5.65. The maximum absolute atomic E-state index is 13.3. The van der Waals surface area contributed by atoms with Gasteiger partial charge in [0.1, 0.15) is 12.4 Å². The standard InChI is InChI=1S/C24H15ClF3NO2/c25-22-18-11-10-16(31-14-15-6-2-1-3-7-15)12-21(18)29-13-19(22)23(30)17-8-4-5-9-20(17)24(26,27)28/h1-13H,14H2. The van der Waals surface area contributed by atoms with Gasteiger partial charge in [0.15, 0.2) is 5.78 Å². The Morgan fingerprint density at radius 2 is 1.65 bits per heavy atom. The van der Waals surface area contributed by atoms with E-state index in [1.54, 1.807) is 18.2 Å². The Morgan fingerprint density at radius 1 is 0.935 bits per heavy atom. The first-order chi connectivity index (χ1) is 14.8. The van der Waals surface area contributed by atoms with Gasteiger partial charge in [-0.25, -0.2) is 0 Å². The van der Waals surface area contributed by atoms with E-state index in [1.807, 2.05) is 30.3 Å². The number of rotatable bonds is 5. The van der Waals surface area contributed by atoms with Gasteiger partial charge in [-0.15, -0.1) is 0 Å². The number of halogens is 4. The molecule has 0 N–H and O–H groups in total. The molecule has 1 aromatic heterocycles. The second-order valence-electron chi connectivity index (χ2n) is 6.81. The summed E-state index contributed by atoms with van der Waals surface area (Å²) >= 11 is 6.40. The smallest absolute Gasteiger partial charge is 0.417 e. The molecule has 0 amide bonds. The highest BCUT2D eigenvalue weighted by atomic mass is 35.5. The predicted molar refractivity (Wildman–Crippen MR) is 112 cm³/mol. The van der Waals surface area contributed by atoms with Crippen molar-refractivity contribution in [2.45, 2.75) is 12.8 Å². The average Bonchev–Trinajstić information content (AvgIpc) is 2.77. The minimum Gasteiger partial charge on any atom is -0.489 e. The fourth-order valence-corrected chi connectivity index (χ4v) is 3.50. The number of hydrogen-bond donors (Lipinski definition) is 0. The molecule has 31 heavy (non-hydrogen) atoms. The van der Waals surface area contributed by atoms with Crippen LogP contribution in [0.25, 0.3) is 10.9 Å². The van der Waals surface area contributed by atoms with Gasteiger partial charge in [-0.3, -0.25) is 9.78 Å². The van der Waals surface area contributed by atoms with Crippen LogP contribution in [0.15, 0.2) is 79.0 Å². The predicted octanol–water partition coefficient (Wildman–Crippen LogP) is 6.72. The third-order valence-corrected chi connectivity index (χ3v) is 5.15. The number of ketones is 1. The molecular formula is C24H15ClF3NO2. The molecular weight excluding hydrogens is 427 g/mol. The first-order valence-electron chi connectivity index (χ1n) is 9.30. The van der Waals surface area contributed by atoms with E-state index in [4.69, 9.17) is 16.3 Å². The quantitative estimate of drug-likeness (QED) is 0.323. The largest absolute Gasteiger partial charge is 0.489 e. The molecule has 4 rings (SSSR count). The molecule has 3 nitrogen and oxygen atoms in total. The fourth-order valence-electron chi connectivity index (χ4n) is 3.20. The zero-order valence-corrected chi connectivity index (χ0v) is 16.7. The topological polar surface area (TPSA) is 39.2 Å².